The normalized spacial score (nSPS) is 11.4. The molecular weight excluding hydrogens is 524 g/mol. The van der Waals surface area contributed by atoms with Gasteiger partial charge in [-0.25, -0.2) is 21.6 Å². The van der Waals surface area contributed by atoms with Gasteiger partial charge in [0.1, 0.15) is 0 Å². The molecule has 4 rings (SSSR count). The quantitative estimate of drug-likeness (QED) is 0.228. The molecule has 0 aliphatic rings. The van der Waals surface area contributed by atoms with Crippen LogP contribution in [0.4, 0.5) is 27.5 Å². The van der Waals surface area contributed by atoms with Crippen molar-refractivity contribution in [2.24, 2.45) is 0 Å². The number of hydrogen-bond acceptors (Lipinski definition) is 5. The van der Waals surface area contributed by atoms with Gasteiger partial charge in [0.05, 0.1) is 9.79 Å². The van der Waals surface area contributed by atoms with Gasteiger partial charge in [0.25, 0.3) is 20.0 Å². The van der Waals surface area contributed by atoms with Crippen molar-refractivity contribution in [1.29, 1.82) is 0 Å². The van der Waals surface area contributed by atoms with E-state index in [2.05, 4.69) is 20.1 Å². The molecule has 0 aromatic heterocycles. The van der Waals surface area contributed by atoms with Crippen molar-refractivity contribution in [3.63, 3.8) is 0 Å². The second-order valence-corrected chi connectivity index (χ2v) is 11.8. The number of urea groups is 1. The van der Waals surface area contributed by atoms with Gasteiger partial charge in [0.15, 0.2) is 0 Å². The van der Waals surface area contributed by atoms with Crippen LogP contribution >= 0.6 is 0 Å². The molecule has 0 unspecified atom stereocenters. The molecule has 4 N–H and O–H groups in total. The summed E-state index contributed by atoms with van der Waals surface area (Å²) in [5, 5.41) is 5.33. The first-order valence-electron chi connectivity index (χ1n) is 11.5. The van der Waals surface area contributed by atoms with Crippen LogP contribution in [0.3, 0.4) is 0 Å². The first-order valence-corrected chi connectivity index (χ1v) is 14.5. The predicted molar refractivity (Wildman–Crippen MR) is 150 cm³/mol. The maximum atomic E-state index is 12.6. The Morgan fingerprint density at radius 3 is 1.16 bits per heavy atom. The molecule has 0 heterocycles. The molecule has 0 atom stereocenters. The van der Waals surface area contributed by atoms with Crippen LogP contribution in [0.5, 0.6) is 0 Å². The van der Waals surface area contributed by atoms with Gasteiger partial charge in [0.2, 0.25) is 0 Å². The van der Waals surface area contributed by atoms with E-state index >= 15 is 0 Å². The summed E-state index contributed by atoms with van der Waals surface area (Å²) in [6.07, 6.45) is 0. The standard InChI is InChI=1S/C27H26N4O5S2/c1-19-7-3-5-9-25(19)37(33,34)30-23-15-11-21(12-16-23)28-27(32)29-22-13-17-24(18-14-22)31-38(35,36)26-10-6-4-8-20(26)2/h3-18,30-31H,1-2H3,(H2,28,29,32). The van der Waals surface area contributed by atoms with E-state index in [1.807, 2.05) is 0 Å². The van der Waals surface area contributed by atoms with E-state index in [1.165, 1.54) is 12.1 Å². The van der Waals surface area contributed by atoms with E-state index < -0.39 is 26.1 Å². The largest absolute Gasteiger partial charge is 0.323 e. The van der Waals surface area contributed by atoms with E-state index in [0.717, 1.165) is 0 Å². The van der Waals surface area contributed by atoms with Crippen molar-refractivity contribution in [1.82, 2.24) is 0 Å². The molecule has 0 radical (unpaired) electrons. The second kappa shape index (κ2) is 11.0. The number of rotatable bonds is 8. The lowest BCUT2D eigenvalue weighted by molar-refractivity contribution is 0.262. The molecule has 0 saturated heterocycles. The van der Waals surface area contributed by atoms with Crippen molar-refractivity contribution in [3.8, 4) is 0 Å². The Bertz CT molecular complexity index is 1540. The SMILES string of the molecule is Cc1ccccc1S(=O)(=O)Nc1ccc(NC(=O)Nc2ccc(NS(=O)(=O)c3ccccc3C)cc2)cc1. The maximum Gasteiger partial charge on any atom is 0.323 e. The van der Waals surface area contributed by atoms with Gasteiger partial charge in [-0.3, -0.25) is 9.44 Å². The first-order chi connectivity index (χ1) is 18.0. The highest BCUT2D eigenvalue weighted by atomic mass is 32.2. The van der Waals surface area contributed by atoms with Crippen molar-refractivity contribution < 1.29 is 21.6 Å². The number of carbonyl (C=O) groups excluding carboxylic acids is 1. The molecular formula is C27H26N4O5S2. The van der Waals surface area contributed by atoms with Gasteiger partial charge in [0, 0.05) is 22.7 Å². The molecule has 0 spiro atoms. The maximum absolute atomic E-state index is 12.6. The van der Waals surface area contributed by atoms with Crippen LogP contribution in [0.2, 0.25) is 0 Å². The van der Waals surface area contributed by atoms with Crippen LogP contribution < -0.4 is 20.1 Å². The molecule has 0 fully saturated rings. The first kappa shape index (κ1) is 26.7. The van der Waals surface area contributed by atoms with Crippen molar-refractivity contribution >= 4 is 48.8 Å². The Morgan fingerprint density at radius 2 is 0.816 bits per heavy atom. The fourth-order valence-corrected chi connectivity index (χ4v) is 6.28. The number of benzene rings is 4. The van der Waals surface area contributed by atoms with Crippen molar-refractivity contribution in [2.75, 3.05) is 20.1 Å². The third-order valence-corrected chi connectivity index (χ3v) is 8.64. The summed E-state index contributed by atoms with van der Waals surface area (Å²) in [5.74, 6) is 0. The summed E-state index contributed by atoms with van der Waals surface area (Å²) >= 11 is 0. The summed E-state index contributed by atoms with van der Waals surface area (Å²) in [6.45, 7) is 3.44. The Kier molecular flexibility index (Phi) is 7.70. The number of nitrogens with one attached hydrogen (secondary N) is 4. The molecule has 0 aliphatic carbocycles. The Hall–Kier alpha value is -4.35. The molecule has 2 amide bonds. The molecule has 38 heavy (non-hydrogen) atoms. The topological polar surface area (TPSA) is 133 Å². The fraction of sp³-hybridized carbons (Fsp3) is 0.0741. The third kappa shape index (κ3) is 6.50. The molecule has 196 valence electrons. The van der Waals surface area contributed by atoms with Gasteiger partial charge >= 0.3 is 6.03 Å². The zero-order valence-electron chi connectivity index (χ0n) is 20.6. The van der Waals surface area contributed by atoms with Gasteiger partial charge in [-0.1, -0.05) is 36.4 Å². The molecule has 0 aliphatic heterocycles. The minimum atomic E-state index is -3.75. The Balaban J connectivity index is 1.34. The second-order valence-electron chi connectivity index (χ2n) is 8.48. The van der Waals surface area contributed by atoms with Crippen molar-refractivity contribution in [3.05, 3.63) is 108 Å². The zero-order chi connectivity index (χ0) is 27.3. The summed E-state index contributed by atoms with van der Waals surface area (Å²) in [5.41, 5.74) is 2.86. The zero-order valence-corrected chi connectivity index (χ0v) is 22.2. The lowest BCUT2D eigenvalue weighted by Gasteiger charge is -2.12. The van der Waals surface area contributed by atoms with E-state index in [1.54, 1.807) is 98.8 Å². The van der Waals surface area contributed by atoms with Gasteiger partial charge in [-0.05, 0) is 85.6 Å². The van der Waals surface area contributed by atoms with Crippen LogP contribution in [0.1, 0.15) is 11.1 Å². The lowest BCUT2D eigenvalue weighted by atomic mass is 10.2. The Labute approximate surface area is 222 Å². The summed E-state index contributed by atoms with van der Waals surface area (Å²) in [4.78, 5) is 12.8. The van der Waals surface area contributed by atoms with Crippen molar-refractivity contribution in [2.45, 2.75) is 23.6 Å². The molecule has 0 bridgehead atoms. The highest BCUT2D eigenvalue weighted by Gasteiger charge is 2.17. The number of anilines is 4. The van der Waals surface area contributed by atoms with Crippen LogP contribution in [-0.4, -0.2) is 22.9 Å². The third-order valence-electron chi connectivity index (χ3n) is 5.56. The minimum absolute atomic E-state index is 0.190. The highest BCUT2D eigenvalue weighted by molar-refractivity contribution is 7.93. The van der Waals surface area contributed by atoms with Crippen LogP contribution in [0.25, 0.3) is 0 Å². The van der Waals surface area contributed by atoms with Crippen LogP contribution in [-0.2, 0) is 20.0 Å². The van der Waals surface area contributed by atoms with Gasteiger partial charge in [-0.15, -0.1) is 0 Å². The molecule has 0 saturated carbocycles. The fourth-order valence-electron chi connectivity index (χ4n) is 3.67. The lowest BCUT2D eigenvalue weighted by Crippen LogP contribution is -2.19. The number of hydrogen-bond donors (Lipinski definition) is 4. The number of sulfonamides is 2. The monoisotopic (exact) mass is 550 g/mol. The van der Waals surface area contributed by atoms with E-state index in [0.29, 0.717) is 33.9 Å². The average Bonchev–Trinajstić information content (AvgIpc) is 2.86. The minimum Gasteiger partial charge on any atom is -0.308 e. The summed E-state index contributed by atoms with van der Waals surface area (Å²) in [7, 11) is -7.49. The van der Waals surface area contributed by atoms with E-state index in [-0.39, 0.29) is 9.79 Å². The highest BCUT2D eigenvalue weighted by Crippen LogP contribution is 2.22. The van der Waals surface area contributed by atoms with Gasteiger partial charge in [-0.2, -0.15) is 0 Å². The predicted octanol–water partition coefficient (Wildman–Crippen LogP) is 5.55. The molecule has 4 aromatic rings. The number of amides is 2. The summed E-state index contributed by atoms with van der Waals surface area (Å²) < 4.78 is 55.6. The smallest absolute Gasteiger partial charge is 0.308 e. The number of aryl methyl sites for hydroxylation is 2. The molecule has 11 heteroatoms. The summed E-state index contributed by atoms with van der Waals surface area (Å²) in [6, 6.07) is 25.3. The Morgan fingerprint density at radius 1 is 0.500 bits per heavy atom. The van der Waals surface area contributed by atoms with E-state index in [9.17, 15) is 21.6 Å². The average molecular weight is 551 g/mol. The van der Waals surface area contributed by atoms with Gasteiger partial charge < -0.3 is 10.6 Å². The van der Waals surface area contributed by atoms with E-state index in [4.69, 9.17) is 0 Å². The molecule has 9 nitrogen and oxygen atoms in total. The molecule has 4 aromatic carbocycles. The number of carbonyl (C=O) groups is 1. The van der Waals surface area contributed by atoms with Crippen LogP contribution in [0, 0.1) is 13.8 Å². The van der Waals surface area contributed by atoms with Crippen LogP contribution in [0.15, 0.2) is 107 Å².